The third-order valence-corrected chi connectivity index (χ3v) is 3.74. The molecule has 0 aliphatic heterocycles. The van der Waals surface area contributed by atoms with Crippen LogP contribution in [0.1, 0.15) is 32.6 Å². The zero-order valence-corrected chi connectivity index (χ0v) is 13.0. The van der Waals surface area contributed by atoms with Crippen LogP contribution in [-0.4, -0.2) is 5.78 Å². The lowest BCUT2D eigenvalue weighted by Gasteiger charge is -2.08. The van der Waals surface area contributed by atoms with Crippen molar-refractivity contribution in [3.05, 3.63) is 76.5 Å². The van der Waals surface area contributed by atoms with Gasteiger partial charge in [-0.25, -0.2) is 0 Å². The largest absolute Gasteiger partial charge is 0.361 e. The number of hydrogen-bond acceptors (Lipinski definition) is 2. The Balaban J connectivity index is 2.12. The molecule has 0 saturated carbocycles. The number of benzene rings is 2. The van der Waals surface area contributed by atoms with Crippen LogP contribution in [0.25, 0.3) is 0 Å². The Hall–Kier alpha value is -2.35. The minimum absolute atomic E-state index is 0.0222. The van der Waals surface area contributed by atoms with Crippen LogP contribution in [0.4, 0.5) is 5.69 Å². The molecule has 1 N–H and O–H groups in total. The molecule has 0 fully saturated rings. The van der Waals surface area contributed by atoms with Crippen molar-refractivity contribution in [1.29, 1.82) is 0 Å². The number of carbonyl (C=O) groups is 1. The fraction of sp³-hybridized carbons (Fsp3) is 0.211. The van der Waals surface area contributed by atoms with Crippen LogP contribution in [0.15, 0.2) is 48.7 Å². The predicted octanol–water partition coefficient (Wildman–Crippen LogP) is 4.73. The number of aryl methyl sites for hydroxylation is 3. The van der Waals surface area contributed by atoms with Crippen molar-refractivity contribution in [2.24, 2.45) is 0 Å². The highest BCUT2D eigenvalue weighted by Crippen LogP contribution is 2.18. The summed E-state index contributed by atoms with van der Waals surface area (Å²) in [6, 6.07) is 12.0. The van der Waals surface area contributed by atoms with Gasteiger partial charge in [-0.05, 0) is 56.5 Å². The maximum atomic E-state index is 12.2. The van der Waals surface area contributed by atoms with Gasteiger partial charge in [0.1, 0.15) is 0 Å². The topological polar surface area (TPSA) is 29.1 Å². The van der Waals surface area contributed by atoms with E-state index >= 15 is 0 Å². The Morgan fingerprint density at radius 1 is 1.00 bits per heavy atom. The van der Waals surface area contributed by atoms with E-state index in [1.165, 1.54) is 11.1 Å². The Bertz CT molecular complexity index is 699. The number of anilines is 1. The standard InChI is InChI=1S/C19H21NO/c1-13-8-9-15(3)17(12-13)19(21)10-11-20-18-7-5-6-14(2)16(18)4/h5-12,20H,1-4H3/b11-10+. The van der Waals surface area contributed by atoms with Crippen LogP contribution in [0.3, 0.4) is 0 Å². The van der Waals surface area contributed by atoms with E-state index in [0.717, 1.165) is 22.4 Å². The molecule has 0 aliphatic carbocycles. The Morgan fingerprint density at radius 2 is 1.76 bits per heavy atom. The zero-order chi connectivity index (χ0) is 15.4. The van der Waals surface area contributed by atoms with Crippen molar-refractivity contribution in [3.8, 4) is 0 Å². The summed E-state index contributed by atoms with van der Waals surface area (Å²) in [5, 5.41) is 3.19. The summed E-state index contributed by atoms with van der Waals surface area (Å²) < 4.78 is 0. The molecular weight excluding hydrogens is 258 g/mol. The average molecular weight is 279 g/mol. The summed E-state index contributed by atoms with van der Waals surface area (Å²) >= 11 is 0. The second-order valence-electron chi connectivity index (χ2n) is 5.41. The number of carbonyl (C=O) groups excluding carboxylic acids is 1. The number of hydrogen-bond donors (Lipinski definition) is 1. The maximum absolute atomic E-state index is 12.2. The minimum Gasteiger partial charge on any atom is -0.361 e. The summed E-state index contributed by atoms with van der Waals surface area (Å²) in [5.74, 6) is 0.0222. The molecule has 0 spiro atoms. The summed E-state index contributed by atoms with van der Waals surface area (Å²) in [5.41, 5.74) is 6.31. The molecule has 2 rings (SSSR count). The first-order valence-corrected chi connectivity index (χ1v) is 7.10. The van der Waals surface area contributed by atoms with Crippen LogP contribution in [-0.2, 0) is 0 Å². The third-order valence-electron chi connectivity index (χ3n) is 3.74. The lowest BCUT2D eigenvalue weighted by molar-refractivity contribution is 0.104. The fourth-order valence-electron chi connectivity index (χ4n) is 2.21. The first kappa shape index (κ1) is 15.0. The van der Waals surface area contributed by atoms with E-state index < -0.39 is 0 Å². The summed E-state index contributed by atoms with van der Waals surface area (Å²) in [6.45, 7) is 8.09. The first-order valence-electron chi connectivity index (χ1n) is 7.10. The van der Waals surface area contributed by atoms with Crippen molar-refractivity contribution < 1.29 is 4.79 Å². The van der Waals surface area contributed by atoms with Gasteiger partial charge >= 0.3 is 0 Å². The molecule has 2 nitrogen and oxygen atoms in total. The van der Waals surface area contributed by atoms with Gasteiger partial charge in [-0.15, -0.1) is 0 Å². The van der Waals surface area contributed by atoms with Crippen LogP contribution in [0.5, 0.6) is 0 Å². The minimum atomic E-state index is 0.0222. The number of allylic oxidation sites excluding steroid dienone is 1. The quantitative estimate of drug-likeness (QED) is 0.647. The third kappa shape index (κ3) is 3.60. The number of ketones is 1. The zero-order valence-electron chi connectivity index (χ0n) is 13.0. The van der Waals surface area contributed by atoms with Gasteiger partial charge in [-0.2, -0.15) is 0 Å². The first-order chi connectivity index (χ1) is 9.99. The second-order valence-corrected chi connectivity index (χ2v) is 5.41. The molecule has 0 heterocycles. The lowest BCUT2D eigenvalue weighted by Crippen LogP contribution is -2.00. The van der Waals surface area contributed by atoms with Crippen molar-refractivity contribution in [3.63, 3.8) is 0 Å². The molecule has 0 bridgehead atoms. The molecule has 2 aromatic carbocycles. The molecule has 2 heteroatoms. The second kappa shape index (κ2) is 6.40. The highest BCUT2D eigenvalue weighted by atomic mass is 16.1. The summed E-state index contributed by atoms with van der Waals surface area (Å²) in [6.07, 6.45) is 3.30. The molecule has 0 atom stereocenters. The normalized spacial score (nSPS) is 10.9. The molecule has 0 amide bonds. The van der Waals surface area contributed by atoms with Gasteiger partial charge in [0.15, 0.2) is 5.78 Å². The van der Waals surface area contributed by atoms with Gasteiger partial charge in [0.25, 0.3) is 0 Å². The van der Waals surface area contributed by atoms with Gasteiger partial charge in [0.05, 0.1) is 0 Å². The average Bonchev–Trinajstić information content (AvgIpc) is 2.46. The van der Waals surface area contributed by atoms with Crippen molar-refractivity contribution in [1.82, 2.24) is 0 Å². The highest BCUT2D eigenvalue weighted by molar-refractivity contribution is 6.05. The molecule has 2 aromatic rings. The van der Waals surface area contributed by atoms with Gasteiger partial charge in [0.2, 0.25) is 0 Å². The molecule has 0 radical (unpaired) electrons. The Kier molecular flexibility index (Phi) is 4.59. The fourth-order valence-corrected chi connectivity index (χ4v) is 2.21. The molecule has 0 aliphatic rings. The van der Waals surface area contributed by atoms with Gasteiger partial charge in [-0.1, -0.05) is 29.8 Å². The Labute approximate surface area is 126 Å². The van der Waals surface area contributed by atoms with Crippen molar-refractivity contribution in [2.45, 2.75) is 27.7 Å². The summed E-state index contributed by atoms with van der Waals surface area (Å²) in [4.78, 5) is 12.2. The summed E-state index contributed by atoms with van der Waals surface area (Å²) in [7, 11) is 0. The molecule has 0 aromatic heterocycles. The predicted molar refractivity (Wildman–Crippen MR) is 88.9 cm³/mol. The van der Waals surface area contributed by atoms with E-state index in [9.17, 15) is 4.79 Å². The molecule has 21 heavy (non-hydrogen) atoms. The lowest BCUT2D eigenvalue weighted by atomic mass is 10.0. The smallest absolute Gasteiger partial charge is 0.187 e. The maximum Gasteiger partial charge on any atom is 0.187 e. The number of rotatable bonds is 4. The van der Waals surface area contributed by atoms with Gasteiger partial charge in [-0.3, -0.25) is 4.79 Å². The van der Waals surface area contributed by atoms with E-state index in [-0.39, 0.29) is 5.78 Å². The van der Waals surface area contributed by atoms with E-state index in [2.05, 4.69) is 25.2 Å². The monoisotopic (exact) mass is 279 g/mol. The van der Waals surface area contributed by atoms with Crippen LogP contribution in [0, 0.1) is 27.7 Å². The molecular formula is C19H21NO. The van der Waals surface area contributed by atoms with Crippen molar-refractivity contribution in [2.75, 3.05) is 5.32 Å². The van der Waals surface area contributed by atoms with E-state index in [4.69, 9.17) is 0 Å². The van der Waals surface area contributed by atoms with Crippen LogP contribution in [0.2, 0.25) is 0 Å². The SMILES string of the molecule is Cc1ccc(C)c(C(=O)/C=C/Nc2cccc(C)c2C)c1. The molecule has 108 valence electrons. The van der Waals surface area contributed by atoms with E-state index in [1.807, 2.05) is 44.2 Å². The van der Waals surface area contributed by atoms with Gasteiger partial charge in [0, 0.05) is 23.5 Å². The highest BCUT2D eigenvalue weighted by Gasteiger charge is 2.05. The van der Waals surface area contributed by atoms with Crippen LogP contribution < -0.4 is 5.32 Å². The molecule has 0 unspecified atom stereocenters. The van der Waals surface area contributed by atoms with Crippen molar-refractivity contribution >= 4 is 11.5 Å². The number of nitrogens with one attached hydrogen (secondary N) is 1. The Morgan fingerprint density at radius 3 is 2.52 bits per heavy atom. The molecule has 0 saturated heterocycles. The van der Waals surface area contributed by atoms with E-state index in [0.29, 0.717) is 0 Å². The van der Waals surface area contributed by atoms with E-state index in [1.54, 1.807) is 12.3 Å². The van der Waals surface area contributed by atoms with Gasteiger partial charge < -0.3 is 5.32 Å². The van der Waals surface area contributed by atoms with Crippen LogP contribution >= 0.6 is 0 Å².